The van der Waals surface area contributed by atoms with Crippen molar-refractivity contribution in [3.63, 3.8) is 0 Å². The summed E-state index contributed by atoms with van der Waals surface area (Å²) in [5.41, 5.74) is 3.87. The quantitative estimate of drug-likeness (QED) is 0.784. The van der Waals surface area contributed by atoms with Crippen LogP contribution in [0.4, 0.5) is 10.2 Å². The molecule has 1 aromatic carbocycles. The summed E-state index contributed by atoms with van der Waals surface area (Å²) in [6.45, 7) is 1.72. The van der Waals surface area contributed by atoms with Crippen LogP contribution in [0.2, 0.25) is 0 Å². The number of fused-ring (bicyclic) bond motifs is 1. The summed E-state index contributed by atoms with van der Waals surface area (Å²) in [5.74, 6) is 0.773. The average Bonchev–Trinajstić information content (AvgIpc) is 3.09. The fourth-order valence-corrected chi connectivity index (χ4v) is 2.69. The summed E-state index contributed by atoms with van der Waals surface area (Å²) in [5, 5.41) is 8.05. The zero-order chi connectivity index (χ0) is 14.2. The predicted molar refractivity (Wildman–Crippen MR) is 79.3 cm³/mol. The Kier molecular flexibility index (Phi) is 2.70. The van der Waals surface area contributed by atoms with Gasteiger partial charge in [-0.25, -0.2) is 9.07 Å². The number of hydrogen-bond donors (Lipinski definition) is 1. The van der Waals surface area contributed by atoms with Crippen LogP contribution in [0.15, 0.2) is 48.8 Å². The molecule has 0 amide bonds. The molecule has 21 heavy (non-hydrogen) atoms. The minimum atomic E-state index is -0.242. The van der Waals surface area contributed by atoms with Gasteiger partial charge in [0.1, 0.15) is 17.3 Å². The summed E-state index contributed by atoms with van der Waals surface area (Å²) in [6, 6.07) is 10.4. The number of hydrogen-bond acceptors (Lipinski definition) is 3. The van der Waals surface area contributed by atoms with Crippen LogP contribution in [0.3, 0.4) is 0 Å². The van der Waals surface area contributed by atoms with Gasteiger partial charge in [0.15, 0.2) is 0 Å². The summed E-state index contributed by atoms with van der Waals surface area (Å²) in [6.07, 6.45) is 3.53. The van der Waals surface area contributed by atoms with E-state index in [1.807, 2.05) is 16.8 Å². The fourth-order valence-electron chi connectivity index (χ4n) is 2.69. The first-order chi connectivity index (χ1) is 10.3. The lowest BCUT2D eigenvalue weighted by Gasteiger charge is -2.05. The van der Waals surface area contributed by atoms with E-state index in [0.29, 0.717) is 0 Å². The van der Waals surface area contributed by atoms with E-state index in [9.17, 15) is 4.39 Å². The van der Waals surface area contributed by atoms with Crippen LogP contribution < -0.4 is 5.32 Å². The highest BCUT2D eigenvalue weighted by atomic mass is 19.1. The zero-order valence-corrected chi connectivity index (χ0v) is 11.3. The van der Waals surface area contributed by atoms with Crippen molar-refractivity contribution in [2.75, 3.05) is 11.9 Å². The van der Waals surface area contributed by atoms with Crippen molar-refractivity contribution in [1.82, 2.24) is 14.8 Å². The molecule has 0 unspecified atom stereocenters. The van der Waals surface area contributed by atoms with Gasteiger partial charge >= 0.3 is 0 Å². The van der Waals surface area contributed by atoms with Crippen molar-refractivity contribution in [2.45, 2.75) is 6.54 Å². The predicted octanol–water partition coefficient (Wildman–Crippen LogP) is 3.18. The van der Waals surface area contributed by atoms with Gasteiger partial charge in [-0.2, -0.15) is 5.10 Å². The monoisotopic (exact) mass is 280 g/mol. The standard InChI is InChI=1S/C16H13FN4/c17-13-3-1-12(2-4-13)15-14(11-5-7-18-8-6-11)16-19-9-10-21(16)20-15/h1-8,19H,9-10H2. The second-order valence-corrected chi connectivity index (χ2v) is 4.96. The van der Waals surface area contributed by atoms with Crippen LogP contribution in [0.25, 0.3) is 22.4 Å². The van der Waals surface area contributed by atoms with Crippen molar-refractivity contribution in [3.8, 4) is 22.4 Å². The normalized spacial score (nSPS) is 13.0. The lowest BCUT2D eigenvalue weighted by Crippen LogP contribution is -1.97. The van der Waals surface area contributed by atoms with Gasteiger partial charge < -0.3 is 5.32 Å². The fraction of sp³-hybridized carbons (Fsp3) is 0.125. The van der Waals surface area contributed by atoms with E-state index in [-0.39, 0.29) is 5.82 Å². The van der Waals surface area contributed by atoms with Gasteiger partial charge in [0.25, 0.3) is 0 Å². The Hall–Kier alpha value is -2.69. The molecule has 1 N–H and O–H groups in total. The molecule has 2 aromatic heterocycles. The molecule has 0 atom stereocenters. The molecule has 0 saturated carbocycles. The van der Waals surface area contributed by atoms with Gasteiger partial charge in [0.05, 0.1) is 12.1 Å². The maximum atomic E-state index is 13.1. The van der Waals surface area contributed by atoms with Crippen molar-refractivity contribution in [1.29, 1.82) is 0 Å². The van der Waals surface area contributed by atoms with E-state index in [1.165, 1.54) is 12.1 Å². The molecule has 1 aliphatic rings. The van der Waals surface area contributed by atoms with Crippen molar-refractivity contribution in [3.05, 3.63) is 54.6 Å². The molecule has 0 bridgehead atoms. The third kappa shape index (κ3) is 1.98. The van der Waals surface area contributed by atoms with Crippen molar-refractivity contribution >= 4 is 5.82 Å². The van der Waals surface area contributed by atoms with E-state index in [4.69, 9.17) is 0 Å². The van der Waals surface area contributed by atoms with E-state index < -0.39 is 0 Å². The number of benzene rings is 1. The Bertz CT molecular complexity index is 778. The minimum Gasteiger partial charge on any atom is -0.368 e. The van der Waals surface area contributed by atoms with Crippen LogP contribution in [-0.2, 0) is 6.54 Å². The topological polar surface area (TPSA) is 42.7 Å². The van der Waals surface area contributed by atoms with E-state index in [2.05, 4.69) is 15.4 Å². The van der Waals surface area contributed by atoms with Crippen LogP contribution in [0, 0.1) is 5.82 Å². The lowest BCUT2D eigenvalue weighted by molar-refractivity contribution is 0.628. The molecule has 5 heteroatoms. The Balaban J connectivity index is 1.94. The first kappa shape index (κ1) is 12.1. The Morgan fingerprint density at radius 1 is 1.00 bits per heavy atom. The zero-order valence-electron chi connectivity index (χ0n) is 11.3. The summed E-state index contributed by atoms with van der Waals surface area (Å²) < 4.78 is 15.1. The molecule has 0 aliphatic carbocycles. The smallest absolute Gasteiger partial charge is 0.133 e. The Morgan fingerprint density at radius 2 is 1.76 bits per heavy atom. The molecule has 3 heterocycles. The molecular formula is C16H13FN4. The van der Waals surface area contributed by atoms with Crippen LogP contribution in [0.5, 0.6) is 0 Å². The van der Waals surface area contributed by atoms with E-state index in [0.717, 1.165) is 41.3 Å². The third-order valence-corrected chi connectivity index (χ3v) is 3.66. The lowest BCUT2D eigenvalue weighted by atomic mass is 10.0. The first-order valence-corrected chi connectivity index (χ1v) is 6.84. The SMILES string of the molecule is Fc1ccc(-c2nn3c(c2-c2ccncc2)NCC3)cc1. The van der Waals surface area contributed by atoms with Crippen molar-refractivity contribution < 1.29 is 4.39 Å². The van der Waals surface area contributed by atoms with Gasteiger partial charge in [-0.15, -0.1) is 0 Å². The minimum absolute atomic E-state index is 0.242. The summed E-state index contributed by atoms with van der Waals surface area (Å²) in [7, 11) is 0. The van der Waals surface area contributed by atoms with Crippen molar-refractivity contribution in [2.24, 2.45) is 0 Å². The number of rotatable bonds is 2. The second kappa shape index (κ2) is 4.70. The maximum absolute atomic E-state index is 13.1. The van der Waals surface area contributed by atoms with Gasteiger partial charge in [-0.05, 0) is 42.0 Å². The summed E-state index contributed by atoms with van der Waals surface area (Å²) in [4.78, 5) is 4.07. The van der Waals surface area contributed by atoms with E-state index in [1.54, 1.807) is 24.5 Å². The molecule has 104 valence electrons. The molecule has 1 aliphatic heterocycles. The van der Waals surface area contributed by atoms with Gasteiger partial charge in [-0.3, -0.25) is 4.98 Å². The second-order valence-electron chi connectivity index (χ2n) is 4.96. The Labute approximate surface area is 121 Å². The number of nitrogens with zero attached hydrogens (tertiary/aromatic N) is 3. The highest BCUT2D eigenvalue weighted by Crippen LogP contribution is 2.38. The van der Waals surface area contributed by atoms with Crippen LogP contribution >= 0.6 is 0 Å². The number of nitrogens with one attached hydrogen (secondary N) is 1. The van der Waals surface area contributed by atoms with Crippen LogP contribution in [-0.4, -0.2) is 21.3 Å². The van der Waals surface area contributed by atoms with Gasteiger partial charge in [-0.1, -0.05) is 0 Å². The van der Waals surface area contributed by atoms with Crippen LogP contribution in [0.1, 0.15) is 0 Å². The highest BCUT2D eigenvalue weighted by molar-refractivity contribution is 5.89. The number of pyridine rings is 1. The molecule has 0 radical (unpaired) electrons. The molecule has 4 rings (SSSR count). The highest BCUT2D eigenvalue weighted by Gasteiger charge is 2.23. The molecule has 0 saturated heterocycles. The summed E-state index contributed by atoms with van der Waals surface area (Å²) >= 11 is 0. The number of anilines is 1. The van der Waals surface area contributed by atoms with E-state index >= 15 is 0 Å². The first-order valence-electron chi connectivity index (χ1n) is 6.84. The molecule has 3 aromatic rings. The molecule has 0 fully saturated rings. The van der Waals surface area contributed by atoms with Gasteiger partial charge in [0.2, 0.25) is 0 Å². The maximum Gasteiger partial charge on any atom is 0.133 e. The third-order valence-electron chi connectivity index (χ3n) is 3.66. The van der Waals surface area contributed by atoms with Gasteiger partial charge in [0, 0.05) is 24.5 Å². The number of halogens is 1. The Morgan fingerprint density at radius 3 is 2.52 bits per heavy atom. The largest absolute Gasteiger partial charge is 0.368 e. The average molecular weight is 280 g/mol. The molecule has 0 spiro atoms. The number of aromatic nitrogens is 3. The molecular weight excluding hydrogens is 267 g/mol. The molecule has 4 nitrogen and oxygen atoms in total.